The van der Waals surface area contributed by atoms with Crippen LogP contribution in [0.3, 0.4) is 0 Å². The molecule has 0 saturated carbocycles. The lowest BCUT2D eigenvalue weighted by molar-refractivity contribution is -0.124. The van der Waals surface area contributed by atoms with Gasteiger partial charge < -0.3 is 21.3 Å². The minimum Gasteiger partial charge on any atom is -0.393 e. The number of hydrogen-bond acceptors (Lipinski definition) is 4. The highest BCUT2D eigenvalue weighted by Crippen LogP contribution is 1.99. The van der Waals surface area contributed by atoms with Crippen LogP contribution in [0.4, 0.5) is 0 Å². The van der Waals surface area contributed by atoms with Gasteiger partial charge in [-0.25, -0.2) is 0 Å². The number of amides is 1. The molecule has 0 aliphatic rings. The van der Waals surface area contributed by atoms with E-state index in [1.807, 2.05) is 6.92 Å². The summed E-state index contributed by atoms with van der Waals surface area (Å²) in [6.07, 6.45) is 1.46. The molecular formula is C9H20N2O3. The second-order valence-corrected chi connectivity index (χ2v) is 3.77. The molecular weight excluding hydrogens is 184 g/mol. The minimum atomic E-state index is -1.28. The van der Waals surface area contributed by atoms with E-state index in [0.29, 0.717) is 6.42 Å². The molecule has 5 heteroatoms. The van der Waals surface area contributed by atoms with E-state index in [-0.39, 0.29) is 12.5 Å². The van der Waals surface area contributed by atoms with Gasteiger partial charge in [0.1, 0.15) is 5.60 Å². The number of carbonyl (C=O) groups is 1. The van der Waals surface area contributed by atoms with Crippen molar-refractivity contribution in [3.63, 3.8) is 0 Å². The number of carbonyl (C=O) groups excluding carboxylic acids is 1. The molecule has 0 aromatic rings. The summed E-state index contributed by atoms with van der Waals surface area (Å²) < 4.78 is 0. The summed E-state index contributed by atoms with van der Waals surface area (Å²) in [5.41, 5.74) is 4.27. The lowest BCUT2D eigenvalue weighted by atomic mass is 10.1. The highest BCUT2D eigenvalue weighted by molar-refractivity contribution is 5.81. The number of hydrogen-bond donors (Lipinski definition) is 4. The van der Waals surface area contributed by atoms with Crippen molar-refractivity contribution < 1.29 is 15.0 Å². The summed E-state index contributed by atoms with van der Waals surface area (Å²) >= 11 is 0. The van der Waals surface area contributed by atoms with Gasteiger partial charge in [-0.05, 0) is 13.3 Å². The van der Waals surface area contributed by atoms with Crippen LogP contribution in [0.5, 0.6) is 0 Å². The van der Waals surface area contributed by atoms with Gasteiger partial charge in [0.25, 0.3) is 0 Å². The van der Waals surface area contributed by atoms with Gasteiger partial charge >= 0.3 is 0 Å². The Bertz CT molecular complexity index is 183. The van der Waals surface area contributed by atoms with Crippen molar-refractivity contribution in [2.75, 3.05) is 13.2 Å². The van der Waals surface area contributed by atoms with Gasteiger partial charge in [0.15, 0.2) is 0 Å². The lowest BCUT2D eigenvalue weighted by Crippen LogP contribution is -2.48. The largest absolute Gasteiger partial charge is 0.393 e. The van der Waals surface area contributed by atoms with E-state index in [1.54, 1.807) is 0 Å². The van der Waals surface area contributed by atoms with Crippen LogP contribution in [0.25, 0.3) is 0 Å². The van der Waals surface area contributed by atoms with Crippen LogP contribution in [0.2, 0.25) is 0 Å². The molecule has 0 heterocycles. The molecule has 0 aromatic heterocycles. The van der Waals surface area contributed by atoms with Crippen molar-refractivity contribution in [2.24, 2.45) is 5.73 Å². The van der Waals surface area contributed by atoms with E-state index in [4.69, 9.17) is 10.8 Å². The van der Waals surface area contributed by atoms with E-state index in [0.717, 1.165) is 6.42 Å². The van der Waals surface area contributed by atoms with Crippen LogP contribution in [0, 0.1) is 0 Å². The van der Waals surface area contributed by atoms with Gasteiger partial charge in [-0.2, -0.15) is 0 Å². The minimum absolute atomic E-state index is 0.0136. The smallest absolute Gasteiger partial charge is 0.237 e. The number of nitrogens with one attached hydrogen (secondary N) is 1. The van der Waals surface area contributed by atoms with Crippen LogP contribution >= 0.6 is 0 Å². The maximum atomic E-state index is 11.3. The predicted octanol–water partition coefficient (Wildman–Crippen LogP) is -1.03. The summed E-state index contributed by atoms with van der Waals surface area (Å²) in [6.45, 7) is 3.01. The fraction of sp³-hybridized carbons (Fsp3) is 0.889. The highest BCUT2D eigenvalue weighted by Gasteiger charge is 2.21. The molecule has 0 aliphatic heterocycles. The fourth-order valence-electron chi connectivity index (χ4n) is 0.907. The van der Waals surface area contributed by atoms with Crippen LogP contribution < -0.4 is 11.1 Å². The Labute approximate surface area is 84.3 Å². The van der Waals surface area contributed by atoms with Crippen molar-refractivity contribution in [3.8, 4) is 0 Å². The highest BCUT2D eigenvalue weighted by atomic mass is 16.3. The van der Waals surface area contributed by atoms with Crippen LogP contribution in [0.15, 0.2) is 0 Å². The topological polar surface area (TPSA) is 95.6 Å². The Morgan fingerprint density at radius 1 is 1.64 bits per heavy atom. The number of aliphatic hydroxyl groups excluding tert-OH is 1. The summed E-state index contributed by atoms with van der Waals surface area (Å²) in [5.74, 6) is -0.291. The van der Waals surface area contributed by atoms with Crippen molar-refractivity contribution >= 4 is 5.91 Å². The zero-order valence-corrected chi connectivity index (χ0v) is 8.79. The average molecular weight is 204 g/mol. The van der Waals surface area contributed by atoms with E-state index in [1.165, 1.54) is 6.92 Å². The van der Waals surface area contributed by atoms with Gasteiger partial charge in [0.05, 0.1) is 12.6 Å². The molecule has 0 rings (SSSR count). The van der Waals surface area contributed by atoms with Crippen LogP contribution in [-0.2, 0) is 4.79 Å². The van der Waals surface area contributed by atoms with Crippen molar-refractivity contribution in [2.45, 2.75) is 38.3 Å². The maximum absolute atomic E-state index is 11.3. The molecule has 0 bridgehead atoms. The first-order valence-electron chi connectivity index (χ1n) is 4.79. The molecule has 0 aliphatic carbocycles. The molecule has 0 aromatic carbocycles. The van der Waals surface area contributed by atoms with Crippen molar-refractivity contribution in [1.82, 2.24) is 5.32 Å². The first-order chi connectivity index (χ1) is 6.43. The molecule has 2 atom stereocenters. The first-order valence-corrected chi connectivity index (χ1v) is 4.79. The number of rotatable bonds is 6. The second-order valence-electron chi connectivity index (χ2n) is 3.77. The van der Waals surface area contributed by atoms with E-state index < -0.39 is 18.2 Å². The molecule has 1 amide bonds. The molecule has 0 fully saturated rings. The Morgan fingerprint density at radius 2 is 2.21 bits per heavy atom. The Kier molecular flexibility index (Phi) is 5.68. The average Bonchev–Trinajstić information content (AvgIpc) is 2.15. The normalized spacial score (nSPS) is 17.2. The molecule has 0 radical (unpaired) electrons. The summed E-state index contributed by atoms with van der Waals surface area (Å²) in [4.78, 5) is 11.3. The number of nitrogens with two attached hydrogens (primary N) is 1. The molecule has 0 spiro atoms. The zero-order valence-electron chi connectivity index (χ0n) is 8.79. The van der Waals surface area contributed by atoms with E-state index in [9.17, 15) is 9.90 Å². The molecule has 5 N–H and O–H groups in total. The second kappa shape index (κ2) is 5.95. The van der Waals surface area contributed by atoms with Crippen LogP contribution in [-0.4, -0.2) is 40.9 Å². The van der Waals surface area contributed by atoms with Crippen molar-refractivity contribution in [3.05, 3.63) is 0 Å². The molecule has 1 unspecified atom stereocenters. The van der Waals surface area contributed by atoms with Gasteiger partial charge in [0.2, 0.25) is 5.91 Å². The lowest BCUT2D eigenvalue weighted by Gasteiger charge is -2.21. The Hall–Kier alpha value is -0.650. The molecule has 0 saturated heterocycles. The first kappa shape index (κ1) is 13.4. The Balaban J connectivity index is 3.84. The summed E-state index contributed by atoms with van der Waals surface area (Å²) in [7, 11) is 0. The van der Waals surface area contributed by atoms with Gasteiger partial charge in [-0.15, -0.1) is 0 Å². The third kappa shape index (κ3) is 5.16. The fourth-order valence-corrected chi connectivity index (χ4v) is 0.907. The quantitative estimate of drug-likeness (QED) is 0.445. The third-order valence-corrected chi connectivity index (χ3v) is 1.92. The van der Waals surface area contributed by atoms with Gasteiger partial charge in [-0.1, -0.05) is 13.3 Å². The van der Waals surface area contributed by atoms with Gasteiger partial charge in [-0.3, -0.25) is 4.79 Å². The van der Waals surface area contributed by atoms with E-state index in [2.05, 4.69) is 5.32 Å². The monoisotopic (exact) mass is 204 g/mol. The van der Waals surface area contributed by atoms with Crippen LogP contribution in [0.1, 0.15) is 26.7 Å². The maximum Gasteiger partial charge on any atom is 0.237 e. The zero-order chi connectivity index (χ0) is 11.2. The van der Waals surface area contributed by atoms with Gasteiger partial charge in [0, 0.05) is 6.54 Å². The van der Waals surface area contributed by atoms with Crippen molar-refractivity contribution in [1.29, 1.82) is 0 Å². The summed E-state index contributed by atoms with van der Waals surface area (Å²) in [5, 5.41) is 20.6. The standard InChI is InChI=1S/C9H20N2O3/c1-3-4-7(10)8(13)11-5-9(2,14)6-12/h7,12,14H,3-6,10H2,1-2H3,(H,11,13)/t7-,9?/m1/s1. The Morgan fingerprint density at radius 3 is 2.64 bits per heavy atom. The SMILES string of the molecule is CCC[C@@H](N)C(=O)NCC(C)(O)CO. The molecule has 5 nitrogen and oxygen atoms in total. The predicted molar refractivity (Wildman–Crippen MR) is 53.6 cm³/mol. The van der Waals surface area contributed by atoms with E-state index >= 15 is 0 Å². The molecule has 84 valence electrons. The summed E-state index contributed by atoms with van der Waals surface area (Å²) in [6, 6.07) is -0.533. The molecule has 14 heavy (non-hydrogen) atoms. The number of aliphatic hydroxyl groups is 2. The third-order valence-electron chi connectivity index (χ3n) is 1.92.